The summed E-state index contributed by atoms with van der Waals surface area (Å²) < 4.78 is 29.8. The third-order valence-corrected chi connectivity index (χ3v) is 10.2. The van der Waals surface area contributed by atoms with Crippen LogP contribution in [0.4, 0.5) is 0 Å². The SMILES string of the molecule is CN1CCc2nc(C(=O)N3CCN(S(=O)(=O)n4cc5ccc(C(N)=NO)cc5c4)CC3C(=O)NCc3nn[nH]n3)sc2C1. The van der Waals surface area contributed by atoms with Gasteiger partial charge in [-0.3, -0.25) is 9.59 Å². The maximum absolute atomic E-state index is 13.8. The van der Waals surface area contributed by atoms with Crippen molar-refractivity contribution in [2.75, 3.05) is 33.2 Å². The van der Waals surface area contributed by atoms with Crippen molar-refractivity contribution in [2.45, 2.75) is 25.6 Å². The molecule has 2 aliphatic heterocycles. The number of thiazole rings is 1. The van der Waals surface area contributed by atoms with E-state index in [-0.39, 0.29) is 42.8 Å². The molecule has 0 radical (unpaired) electrons. The van der Waals surface area contributed by atoms with Gasteiger partial charge in [0.05, 0.1) is 12.2 Å². The summed E-state index contributed by atoms with van der Waals surface area (Å²) in [6.45, 7) is 1.10. The molecule has 1 fully saturated rings. The van der Waals surface area contributed by atoms with Gasteiger partial charge in [0.1, 0.15) is 6.04 Å². The predicted molar refractivity (Wildman–Crippen MR) is 153 cm³/mol. The highest BCUT2D eigenvalue weighted by Crippen LogP contribution is 2.27. The van der Waals surface area contributed by atoms with E-state index in [1.807, 2.05) is 7.05 Å². The fourth-order valence-corrected chi connectivity index (χ4v) is 7.66. The zero-order valence-corrected chi connectivity index (χ0v) is 24.5. The number of nitrogens with two attached hydrogens (primary N) is 1. The van der Waals surface area contributed by atoms with Crippen LogP contribution in [0, 0.1) is 0 Å². The first kappa shape index (κ1) is 28.6. The van der Waals surface area contributed by atoms with E-state index in [0.29, 0.717) is 22.9 Å². The van der Waals surface area contributed by atoms with Crippen LogP contribution in [0.3, 0.4) is 0 Å². The smallest absolute Gasteiger partial charge is 0.307 e. The van der Waals surface area contributed by atoms with Crippen LogP contribution in [0.1, 0.15) is 31.8 Å². The van der Waals surface area contributed by atoms with Gasteiger partial charge in [0, 0.05) is 72.8 Å². The zero-order chi connectivity index (χ0) is 30.3. The molecule has 0 bridgehead atoms. The molecule has 2 aliphatic rings. The Kier molecular flexibility index (Phi) is 7.54. The van der Waals surface area contributed by atoms with Gasteiger partial charge >= 0.3 is 10.2 Å². The van der Waals surface area contributed by atoms with Gasteiger partial charge in [-0.1, -0.05) is 22.5 Å². The average Bonchev–Trinajstić information content (AvgIpc) is 3.78. The molecule has 6 rings (SSSR count). The van der Waals surface area contributed by atoms with Gasteiger partial charge < -0.3 is 26.1 Å². The molecule has 5 heterocycles. The van der Waals surface area contributed by atoms with Crippen LogP contribution in [0.25, 0.3) is 10.8 Å². The Labute approximate surface area is 249 Å². The number of hydrogen-bond donors (Lipinski definition) is 4. The molecule has 4 aromatic rings. The molecule has 5 N–H and O–H groups in total. The average molecular weight is 629 g/mol. The first-order valence-electron chi connectivity index (χ1n) is 13.2. The lowest BCUT2D eigenvalue weighted by atomic mass is 10.1. The van der Waals surface area contributed by atoms with E-state index < -0.39 is 28.1 Å². The summed E-state index contributed by atoms with van der Waals surface area (Å²) in [7, 11) is -2.15. The monoisotopic (exact) mass is 628 g/mol. The summed E-state index contributed by atoms with van der Waals surface area (Å²) >= 11 is 1.30. The highest BCUT2D eigenvalue weighted by molar-refractivity contribution is 7.87. The number of carbonyl (C=O) groups is 2. The number of piperazine rings is 1. The van der Waals surface area contributed by atoms with Gasteiger partial charge in [-0.05, 0) is 13.1 Å². The van der Waals surface area contributed by atoms with Crippen LogP contribution in [0.2, 0.25) is 0 Å². The molecule has 1 atom stereocenters. The third kappa shape index (κ3) is 5.54. The Hall–Kier alpha value is -4.46. The Bertz CT molecular complexity index is 1820. The van der Waals surface area contributed by atoms with Crippen molar-refractivity contribution in [1.82, 2.24) is 49.0 Å². The Morgan fingerprint density at radius 1 is 1.23 bits per heavy atom. The normalized spacial score (nSPS) is 18.6. The van der Waals surface area contributed by atoms with E-state index >= 15 is 0 Å². The van der Waals surface area contributed by atoms with Crippen molar-refractivity contribution < 1.29 is 23.2 Å². The second-order valence-corrected chi connectivity index (χ2v) is 13.1. The minimum atomic E-state index is -4.15. The first-order chi connectivity index (χ1) is 20.6. The topological polar surface area (TPSA) is 221 Å². The van der Waals surface area contributed by atoms with Gasteiger partial charge in [-0.25, -0.2) is 8.96 Å². The van der Waals surface area contributed by atoms with E-state index in [0.717, 1.165) is 27.5 Å². The summed E-state index contributed by atoms with van der Waals surface area (Å²) in [4.78, 5) is 36.3. The molecular formula is C24H28N12O5S2. The molecule has 3 aromatic heterocycles. The summed E-state index contributed by atoms with van der Waals surface area (Å²) in [5.41, 5.74) is 6.98. The largest absolute Gasteiger partial charge is 0.409 e. The lowest BCUT2D eigenvalue weighted by Crippen LogP contribution is -2.61. The lowest BCUT2D eigenvalue weighted by molar-refractivity contribution is -0.127. The minimum absolute atomic E-state index is 0.0308. The number of hydrogen-bond acceptors (Lipinski definition) is 12. The van der Waals surface area contributed by atoms with E-state index in [1.165, 1.54) is 32.9 Å². The van der Waals surface area contributed by atoms with Gasteiger partial charge in [0.15, 0.2) is 16.7 Å². The van der Waals surface area contributed by atoms with Crippen LogP contribution in [-0.2, 0) is 34.5 Å². The van der Waals surface area contributed by atoms with Crippen LogP contribution in [-0.4, -0.2) is 114 Å². The van der Waals surface area contributed by atoms with Gasteiger partial charge in [0.2, 0.25) is 5.91 Å². The Morgan fingerprint density at radius 3 is 2.81 bits per heavy atom. The Balaban J connectivity index is 1.27. The zero-order valence-electron chi connectivity index (χ0n) is 22.9. The highest BCUT2D eigenvalue weighted by atomic mass is 32.2. The van der Waals surface area contributed by atoms with Crippen LogP contribution in [0.5, 0.6) is 0 Å². The van der Waals surface area contributed by atoms with Crippen LogP contribution >= 0.6 is 11.3 Å². The number of amidine groups is 1. The number of oxime groups is 1. The summed E-state index contributed by atoms with van der Waals surface area (Å²) in [6.07, 6.45) is 3.59. The number of rotatable bonds is 7. The number of tetrazole rings is 1. The van der Waals surface area contributed by atoms with Crippen molar-refractivity contribution in [3.63, 3.8) is 0 Å². The number of nitrogens with zero attached hydrogens (tertiary/aromatic N) is 9. The summed E-state index contributed by atoms with van der Waals surface area (Å²) in [5, 5.41) is 29.5. The van der Waals surface area contributed by atoms with Crippen molar-refractivity contribution in [2.24, 2.45) is 10.9 Å². The quantitative estimate of drug-likeness (QED) is 0.0835. The molecule has 2 amide bonds. The first-order valence-corrected chi connectivity index (χ1v) is 15.4. The Morgan fingerprint density at radius 2 is 2.05 bits per heavy atom. The molecule has 19 heteroatoms. The number of amides is 2. The van der Waals surface area contributed by atoms with Gasteiger partial charge in [-0.15, -0.1) is 21.5 Å². The molecule has 226 valence electrons. The second-order valence-electron chi connectivity index (χ2n) is 10.2. The predicted octanol–water partition coefficient (Wildman–Crippen LogP) is -1.07. The van der Waals surface area contributed by atoms with Crippen LogP contribution in [0.15, 0.2) is 35.7 Å². The summed E-state index contributed by atoms with van der Waals surface area (Å²) in [5.74, 6) is -0.879. The molecule has 1 saturated heterocycles. The number of aromatic nitrogens is 6. The van der Waals surface area contributed by atoms with E-state index in [4.69, 9.17) is 10.9 Å². The second kappa shape index (κ2) is 11.3. The molecular weight excluding hydrogens is 600 g/mol. The van der Waals surface area contributed by atoms with Crippen LogP contribution < -0.4 is 11.1 Å². The number of H-pyrrole nitrogens is 1. The number of nitrogens with one attached hydrogen (secondary N) is 2. The molecule has 1 aromatic carbocycles. The minimum Gasteiger partial charge on any atom is -0.409 e. The number of benzene rings is 1. The van der Waals surface area contributed by atoms with Crippen molar-refractivity contribution >= 4 is 50.0 Å². The molecule has 0 spiro atoms. The number of fused-ring (bicyclic) bond motifs is 2. The fraction of sp³-hybridized carbons (Fsp3) is 0.375. The molecule has 0 saturated carbocycles. The highest BCUT2D eigenvalue weighted by Gasteiger charge is 2.41. The molecule has 43 heavy (non-hydrogen) atoms. The molecule has 17 nitrogen and oxygen atoms in total. The number of aromatic amines is 1. The van der Waals surface area contributed by atoms with Gasteiger partial charge in [0.25, 0.3) is 5.91 Å². The van der Waals surface area contributed by atoms with Gasteiger partial charge in [-0.2, -0.15) is 17.9 Å². The maximum Gasteiger partial charge on any atom is 0.307 e. The standard InChI is InChI=1S/C24H28N12O5S2/c1-33-5-4-17-19(13-33)42-23(27-17)24(38)36-7-6-34(12-18(36)22(37)26-9-20-28-31-32-29-20)43(40,41)35-10-15-3-2-14(21(25)30-39)8-16(15)11-35/h2-3,8,10-11,18,39H,4-7,9,12-13H2,1H3,(H2,25,30)(H,26,37)(H,28,29,31,32). The number of likely N-dealkylation sites (N-methyl/N-ethyl adjacent to an activating group) is 1. The number of carbonyl (C=O) groups excluding carboxylic acids is 2. The lowest BCUT2D eigenvalue weighted by Gasteiger charge is -2.39. The maximum atomic E-state index is 13.8. The molecule has 0 aliphatic carbocycles. The van der Waals surface area contributed by atoms with E-state index in [9.17, 15) is 18.0 Å². The third-order valence-electron chi connectivity index (χ3n) is 7.44. The van der Waals surface area contributed by atoms with Crippen molar-refractivity contribution in [3.05, 3.63) is 57.6 Å². The molecule has 1 unspecified atom stereocenters. The van der Waals surface area contributed by atoms with Crippen molar-refractivity contribution in [1.29, 1.82) is 0 Å². The fourth-order valence-electron chi connectivity index (χ4n) is 5.11. The van der Waals surface area contributed by atoms with E-state index in [2.05, 4.69) is 41.0 Å². The summed E-state index contributed by atoms with van der Waals surface area (Å²) in [6, 6.07) is 3.72. The van der Waals surface area contributed by atoms with Crippen molar-refractivity contribution in [3.8, 4) is 0 Å². The van der Waals surface area contributed by atoms with E-state index in [1.54, 1.807) is 18.2 Å².